The van der Waals surface area contributed by atoms with Gasteiger partial charge in [0.25, 0.3) is 0 Å². The number of carbonyl (C=O) groups is 1. The zero-order chi connectivity index (χ0) is 10.8. The van der Waals surface area contributed by atoms with Crippen molar-refractivity contribution in [2.45, 2.75) is 26.2 Å². The van der Waals surface area contributed by atoms with Crippen LogP contribution in [0.15, 0.2) is 12.1 Å². The van der Waals surface area contributed by atoms with Crippen molar-refractivity contribution in [3.63, 3.8) is 0 Å². The van der Waals surface area contributed by atoms with Crippen LogP contribution in [0.3, 0.4) is 0 Å². The Hall–Kier alpha value is -1.51. The molecule has 2 rings (SSSR count). The minimum absolute atomic E-state index is 0.373. The first-order valence-electron chi connectivity index (χ1n) is 5.25. The summed E-state index contributed by atoms with van der Waals surface area (Å²) in [5.74, 6) is -0.0625. The number of fused-ring (bicyclic) bond motifs is 1. The van der Waals surface area contributed by atoms with Gasteiger partial charge in [0.05, 0.1) is 12.2 Å². The van der Waals surface area contributed by atoms with Gasteiger partial charge in [-0.05, 0) is 30.9 Å². The molecular weight excluding hydrogens is 192 g/mol. The van der Waals surface area contributed by atoms with Gasteiger partial charge in [0.2, 0.25) is 0 Å². The van der Waals surface area contributed by atoms with Gasteiger partial charge < -0.3 is 9.84 Å². The minimum atomic E-state index is -0.871. The lowest BCUT2D eigenvalue weighted by molar-refractivity contribution is 0.0695. The van der Waals surface area contributed by atoms with Crippen LogP contribution >= 0.6 is 0 Å². The highest BCUT2D eigenvalue weighted by Gasteiger charge is 2.19. The summed E-state index contributed by atoms with van der Waals surface area (Å²) in [6, 6.07) is 3.56. The van der Waals surface area contributed by atoms with Gasteiger partial charge in [0.15, 0.2) is 0 Å². The van der Waals surface area contributed by atoms with E-state index in [1.54, 1.807) is 6.07 Å². The molecule has 3 nitrogen and oxygen atoms in total. The fourth-order valence-corrected chi connectivity index (χ4v) is 2.04. The molecule has 1 aromatic carbocycles. The van der Waals surface area contributed by atoms with Gasteiger partial charge in [-0.2, -0.15) is 0 Å². The molecule has 80 valence electrons. The lowest BCUT2D eigenvalue weighted by Crippen LogP contribution is -2.13. The molecule has 0 saturated carbocycles. The Kier molecular flexibility index (Phi) is 2.62. The van der Waals surface area contributed by atoms with E-state index in [1.165, 1.54) is 0 Å². The first-order valence-corrected chi connectivity index (χ1v) is 5.25. The highest BCUT2D eigenvalue weighted by atomic mass is 16.5. The van der Waals surface area contributed by atoms with Crippen LogP contribution in [0.1, 0.15) is 34.8 Å². The molecule has 1 heterocycles. The summed E-state index contributed by atoms with van der Waals surface area (Å²) in [6.07, 6.45) is 2.70. The number of ether oxygens (including phenoxy) is 1. The van der Waals surface area contributed by atoms with Crippen LogP contribution in [0.4, 0.5) is 0 Å². The van der Waals surface area contributed by atoms with Crippen molar-refractivity contribution in [3.05, 3.63) is 28.8 Å². The maximum absolute atomic E-state index is 11.0. The van der Waals surface area contributed by atoms with Crippen LogP contribution in [0, 0.1) is 0 Å². The molecule has 0 aromatic heterocycles. The molecule has 0 bridgehead atoms. The first-order chi connectivity index (χ1) is 7.24. The number of aromatic carboxylic acids is 1. The average molecular weight is 206 g/mol. The van der Waals surface area contributed by atoms with E-state index in [4.69, 9.17) is 9.84 Å². The zero-order valence-electron chi connectivity index (χ0n) is 8.75. The third kappa shape index (κ3) is 1.69. The van der Waals surface area contributed by atoms with Crippen LogP contribution in [-0.4, -0.2) is 17.7 Å². The maximum atomic E-state index is 11.0. The highest BCUT2D eigenvalue weighted by Crippen LogP contribution is 2.31. The number of benzene rings is 1. The molecule has 15 heavy (non-hydrogen) atoms. The van der Waals surface area contributed by atoms with Gasteiger partial charge >= 0.3 is 5.97 Å². The first kappa shape index (κ1) is 10.0. The van der Waals surface area contributed by atoms with Crippen molar-refractivity contribution in [1.82, 2.24) is 0 Å². The van der Waals surface area contributed by atoms with Crippen molar-refractivity contribution < 1.29 is 14.6 Å². The fourth-order valence-electron chi connectivity index (χ4n) is 2.04. The van der Waals surface area contributed by atoms with Gasteiger partial charge in [0, 0.05) is 5.56 Å². The highest BCUT2D eigenvalue weighted by molar-refractivity contribution is 5.90. The number of carboxylic acid groups (broad SMARTS) is 1. The van der Waals surface area contributed by atoms with Gasteiger partial charge in [0.1, 0.15) is 5.75 Å². The Balaban J connectivity index is 2.56. The van der Waals surface area contributed by atoms with Crippen LogP contribution in [-0.2, 0) is 12.8 Å². The van der Waals surface area contributed by atoms with Crippen molar-refractivity contribution in [2.24, 2.45) is 0 Å². The molecule has 1 aromatic rings. The molecule has 0 radical (unpaired) electrons. The third-order valence-corrected chi connectivity index (χ3v) is 2.76. The Morgan fingerprint density at radius 3 is 3.00 bits per heavy atom. The van der Waals surface area contributed by atoms with E-state index in [2.05, 4.69) is 0 Å². The molecule has 0 spiro atoms. The molecule has 1 aliphatic rings. The van der Waals surface area contributed by atoms with Crippen molar-refractivity contribution in [1.29, 1.82) is 0 Å². The molecular formula is C12H14O3. The molecule has 0 atom stereocenters. The van der Waals surface area contributed by atoms with E-state index in [0.717, 1.165) is 29.7 Å². The van der Waals surface area contributed by atoms with Gasteiger partial charge in [-0.1, -0.05) is 13.0 Å². The molecule has 3 heteroatoms. The number of carboxylic acids is 1. The average Bonchev–Trinajstić information content (AvgIpc) is 2.27. The summed E-state index contributed by atoms with van der Waals surface area (Å²) < 4.78 is 5.57. The van der Waals surface area contributed by atoms with Gasteiger partial charge in [-0.15, -0.1) is 0 Å². The number of aryl methyl sites for hydroxylation is 1. The second-order valence-corrected chi connectivity index (χ2v) is 3.69. The van der Waals surface area contributed by atoms with E-state index in [0.29, 0.717) is 18.6 Å². The number of hydrogen-bond acceptors (Lipinski definition) is 2. The normalized spacial score (nSPS) is 14.2. The monoisotopic (exact) mass is 206 g/mol. The van der Waals surface area contributed by atoms with E-state index in [-0.39, 0.29) is 0 Å². The molecule has 1 aliphatic heterocycles. The summed E-state index contributed by atoms with van der Waals surface area (Å²) in [5, 5.41) is 9.04. The molecule has 0 amide bonds. The van der Waals surface area contributed by atoms with Crippen LogP contribution in [0.25, 0.3) is 0 Å². The second-order valence-electron chi connectivity index (χ2n) is 3.69. The Labute approximate surface area is 88.7 Å². The summed E-state index contributed by atoms with van der Waals surface area (Å²) in [5.41, 5.74) is 2.35. The topological polar surface area (TPSA) is 46.5 Å². The van der Waals surface area contributed by atoms with Crippen molar-refractivity contribution in [3.8, 4) is 5.75 Å². The smallest absolute Gasteiger partial charge is 0.336 e. The summed E-state index contributed by atoms with van der Waals surface area (Å²) >= 11 is 0. The van der Waals surface area contributed by atoms with E-state index in [9.17, 15) is 4.79 Å². The van der Waals surface area contributed by atoms with Crippen LogP contribution in [0.2, 0.25) is 0 Å². The van der Waals surface area contributed by atoms with Crippen LogP contribution in [0.5, 0.6) is 5.75 Å². The maximum Gasteiger partial charge on any atom is 0.336 e. The summed E-state index contributed by atoms with van der Waals surface area (Å²) in [4.78, 5) is 11.0. The van der Waals surface area contributed by atoms with Gasteiger partial charge in [-0.3, -0.25) is 0 Å². The number of rotatable bonds is 2. The SMILES string of the molecule is CCc1c(C(=O)O)ccc2c1OCCC2. The lowest BCUT2D eigenvalue weighted by Gasteiger charge is -2.21. The lowest BCUT2D eigenvalue weighted by atomic mass is 9.96. The Bertz CT molecular complexity index is 396. The van der Waals surface area contributed by atoms with E-state index in [1.807, 2.05) is 13.0 Å². The fraction of sp³-hybridized carbons (Fsp3) is 0.417. The van der Waals surface area contributed by atoms with Crippen molar-refractivity contribution in [2.75, 3.05) is 6.61 Å². The quantitative estimate of drug-likeness (QED) is 0.807. The van der Waals surface area contributed by atoms with Crippen molar-refractivity contribution >= 4 is 5.97 Å². The Morgan fingerprint density at radius 2 is 2.33 bits per heavy atom. The largest absolute Gasteiger partial charge is 0.493 e. The third-order valence-electron chi connectivity index (χ3n) is 2.76. The molecule has 0 saturated heterocycles. The minimum Gasteiger partial charge on any atom is -0.493 e. The summed E-state index contributed by atoms with van der Waals surface area (Å²) in [6.45, 7) is 2.66. The summed E-state index contributed by atoms with van der Waals surface area (Å²) in [7, 11) is 0. The molecule has 0 fully saturated rings. The zero-order valence-corrected chi connectivity index (χ0v) is 8.75. The van der Waals surface area contributed by atoms with Gasteiger partial charge in [-0.25, -0.2) is 4.79 Å². The van der Waals surface area contributed by atoms with E-state index < -0.39 is 5.97 Å². The molecule has 0 unspecified atom stereocenters. The predicted molar refractivity (Wildman–Crippen MR) is 56.6 cm³/mol. The second kappa shape index (κ2) is 3.93. The Morgan fingerprint density at radius 1 is 1.53 bits per heavy atom. The molecule has 1 N–H and O–H groups in total. The van der Waals surface area contributed by atoms with E-state index >= 15 is 0 Å². The molecule has 0 aliphatic carbocycles. The van der Waals surface area contributed by atoms with Crippen LogP contribution < -0.4 is 4.74 Å². The number of hydrogen-bond donors (Lipinski definition) is 1. The standard InChI is InChI=1S/C12H14O3/c1-2-9-10(12(13)14)6-5-8-4-3-7-15-11(8)9/h5-6H,2-4,7H2,1H3,(H,13,14). The predicted octanol–water partition coefficient (Wildman–Crippen LogP) is 2.27.